The number of carbonyl (C=O) groups is 1. The van der Waals surface area contributed by atoms with Crippen molar-refractivity contribution < 1.29 is 9.69 Å². The molecule has 2 N–H and O–H groups in total. The lowest BCUT2D eigenvalue weighted by Crippen LogP contribution is -3.10. The highest BCUT2D eigenvalue weighted by atomic mass is 32.1. The third-order valence-corrected chi connectivity index (χ3v) is 6.44. The van der Waals surface area contributed by atoms with Crippen LogP contribution < -0.4 is 10.2 Å². The van der Waals surface area contributed by atoms with Gasteiger partial charge in [0.25, 0.3) is 5.91 Å². The number of aryl methyl sites for hydroxylation is 2. The maximum absolute atomic E-state index is 12.9. The van der Waals surface area contributed by atoms with Crippen LogP contribution in [0.2, 0.25) is 0 Å². The van der Waals surface area contributed by atoms with E-state index in [0.29, 0.717) is 6.54 Å². The molecule has 2 heterocycles. The second-order valence-electron chi connectivity index (χ2n) is 6.65. The van der Waals surface area contributed by atoms with Gasteiger partial charge in [-0.1, -0.05) is 44.2 Å². The van der Waals surface area contributed by atoms with Gasteiger partial charge >= 0.3 is 0 Å². The van der Waals surface area contributed by atoms with Crippen molar-refractivity contribution >= 4 is 34.3 Å². The standard InChI is InChI=1S/C22H26N2OS2/c1-3-17-8-5-9-18(4-2)22(17)23-21(25)16-24(14-19-10-6-12-26-19)15-20-11-7-13-27-20/h5-13H,3-4,14-16H2,1-2H3,(H,23,25)/p+1. The number of quaternary nitrogens is 1. The second kappa shape index (κ2) is 9.83. The van der Waals surface area contributed by atoms with Crippen molar-refractivity contribution in [3.05, 3.63) is 74.1 Å². The Morgan fingerprint density at radius 2 is 1.44 bits per heavy atom. The number of thiophene rings is 2. The van der Waals surface area contributed by atoms with Crippen molar-refractivity contribution in [2.24, 2.45) is 0 Å². The summed E-state index contributed by atoms with van der Waals surface area (Å²) in [6, 6.07) is 14.8. The minimum Gasteiger partial charge on any atom is -0.321 e. The first-order chi connectivity index (χ1) is 13.2. The Bertz CT molecular complexity index is 783. The van der Waals surface area contributed by atoms with Gasteiger partial charge in [-0.25, -0.2) is 0 Å². The molecule has 3 rings (SSSR count). The zero-order valence-electron chi connectivity index (χ0n) is 16.0. The van der Waals surface area contributed by atoms with E-state index < -0.39 is 0 Å². The predicted molar refractivity (Wildman–Crippen MR) is 116 cm³/mol. The van der Waals surface area contributed by atoms with Gasteiger partial charge in [0.2, 0.25) is 0 Å². The number of rotatable bonds is 9. The normalized spacial score (nSPS) is 11.1. The minimum absolute atomic E-state index is 0.0914. The lowest BCUT2D eigenvalue weighted by atomic mass is 10.0. The van der Waals surface area contributed by atoms with E-state index >= 15 is 0 Å². The summed E-state index contributed by atoms with van der Waals surface area (Å²) in [6.07, 6.45) is 1.84. The summed E-state index contributed by atoms with van der Waals surface area (Å²) in [5.74, 6) is 0.0914. The van der Waals surface area contributed by atoms with Gasteiger partial charge in [-0.2, -0.15) is 0 Å². The molecule has 3 nitrogen and oxygen atoms in total. The van der Waals surface area contributed by atoms with Crippen LogP contribution in [0.1, 0.15) is 34.7 Å². The highest BCUT2D eigenvalue weighted by Gasteiger charge is 2.18. The third-order valence-electron chi connectivity index (χ3n) is 4.68. The van der Waals surface area contributed by atoms with E-state index in [2.05, 4.69) is 72.4 Å². The van der Waals surface area contributed by atoms with Gasteiger partial charge in [0.05, 0.1) is 9.75 Å². The number of anilines is 1. The number of benzene rings is 1. The van der Waals surface area contributed by atoms with Crippen molar-refractivity contribution in [2.45, 2.75) is 39.8 Å². The Labute approximate surface area is 169 Å². The van der Waals surface area contributed by atoms with Gasteiger partial charge in [0.1, 0.15) is 13.1 Å². The summed E-state index contributed by atoms with van der Waals surface area (Å²) in [4.78, 5) is 16.8. The number of hydrogen-bond acceptors (Lipinski definition) is 3. The van der Waals surface area contributed by atoms with Gasteiger partial charge in [-0.05, 0) is 46.9 Å². The molecular formula is C22H27N2OS2+. The van der Waals surface area contributed by atoms with Crippen molar-refractivity contribution in [1.29, 1.82) is 0 Å². The van der Waals surface area contributed by atoms with E-state index in [1.165, 1.54) is 25.8 Å². The van der Waals surface area contributed by atoms with E-state index in [0.717, 1.165) is 31.6 Å². The van der Waals surface area contributed by atoms with Crippen molar-refractivity contribution in [3.63, 3.8) is 0 Å². The number of para-hydroxylation sites is 1. The fraction of sp³-hybridized carbons (Fsp3) is 0.318. The molecule has 5 heteroatoms. The van der Waals surface area contributed by atoms with Crippen LogP contribution >= 0.6 is 22.7 Å². The molecule has 0 aliphatic rings. The first-order valence-corrected chi connectivity index (χ1v) is 11.2. The van der Waals surface area contributed by atoms with Crippen LogP contribution in [0.4, 0.5) is 5.69 Å². The van der Waals surface area contributed by atoms with E-state index in [9.17, 15) is 4.79 Å². The zero-order valence-corrected chi connectivity index (χ0v) is 17.6. The topological polar surface area (TPSA) is 33.5 Å². The monoisotopic (exact) mass is 399 g/mol. The molecule has 0 fully saturated rings. The summed E-state index contributed by atoms with van der Waals surface area (Å²) in [5.41, 5.74) is 3.43. The fourth-order valence-corrected chi connectivity index (χ4v) is 4.87. The molecule has 2 aromatic heterocycles. The third kappa shape index (κ3) is 5.51. The van der Waals surface area contributed by atoms with Crippen molar-refractivity contribution in [1.82, 2.24) is 0 Å². The Hall–Kier alpha value is -1.95. The van der Waals surface area contributed by atoms with E-state index in [-0.39, 0.29) is 5.91 Å². The van der Waals surface area contributed by atoms with Gasteiger partial charge in [0, 0.05) is 5.69 Å². The minimum atomic E-state index is 0.0914. The maximum Gasteiger partial charge on any atom is 0.279 e. The van der Waals surface area contributed by atoms with Gasteiger partial charge in [-0.3, -0.25) is 4.79 Å². The largest absolute Gasteiger partial charge is 0.321 e. The summed E-state index contributed by atoms with van der Waals surface area (Å²) in [6.45, 7) is 6.49. The summed E-state index contributed by atoms with van der Waals surface area (Å²) < 4.78 is 0. The number of amides is 1. The molecule has 0 aliphatic carbocycles. The lowest BCUT2D eigenvalue weighted by Gasteiger charge is -2.19. The smallest absolute Gasteiger partial charge is 0.279 e. The molecule has 0 saturated carbocycles. The molecule has 0 spiro atoms. The molecule has 3 aromatic rings. The predicted octanol–water partition coefficient (Wildman–Crippen LogP) is 4.16. The molecule has 0 saturated heterocycles. The highest BCUT2D eigenvalue weighted by Crippen LogP contribution is 2.22. The first-order valence-electron chi connectivity index (χ1n) is 9.48. The van der Waals surface area contributed by atoms with E-state index in [1.54, 1.807) is 22.7 Å². The van der Waals surface area contributed by atoms with Crippen LogP contribution in [0.25, 0.3) is 0 Å². The van der Waals surface area contributed by atoms with Crippen molar-refractivity contribution in [3.8, 4) is 0 Å². The quantitative estimate of drug-likeness (QED) is 0.557. The molecule has 1 aromatic carbocycles. The van der Waals surface area contributed by atoms with Crippen LogP contribution in [0.3, 0.4) is 0 Å². The summed E-state index contributed by atoms with van der Waals surface area (Å²) >= 11 is 3.52. The summed E-state index contributed by atoms with van der Waals surface area (Å²) in [7, 11) is 0. The molecule has 142 valence electrons. The van der Waals surface area contributed by atoms with E-state index in [4.69, 9.17) is 0 Å². The molecular weight excluding hydrogens is 372 g/mol. The molecule has 0 radical (unpaired) electrons. The second-order valence-corrected chi connectivity index (χ2v) is 8.71. The average molecular weight is 400 g/mol. The van der Waals surface area contributed by atoms with Crippen LogP contribution in [0.15, 0.2) is 53.2 Å². The van der Waals surface area contributed by atoms with E-state index in [1.807, 2.05) is 0 Å². The Morgan fingerprint density at radius 1 is 0.889 bits per heavy atom. The molecule has 0 atom stereocenters. The lowest BCUT2D eigenvalue weighted by molar-refractivity contribution is -0.918. The molecule has 0 aliphatic heterocycles. The molecule has 27 heavy (non-hydrogen) atoms. The molecule has 0 unspecified atom stereocenters. The van der Waals surface area contributed by atoms with Crippen LogP contribution in [0, 0.1) is 0 Å². The van der Waals surface area contributed by atoms with Crippen molar-refractivity contribution in [2.75, 3.05) is 11.9 Å². The number of nitrogens with one attached hydrogen (secondary N) is 2. The Morgan fingerprint density at radius 3 is 1.89 bits per heavy atom. The highest BCUT2D eigenvalue weighted by molar-refractivity contribution is 7.10. The van der Waals surface area contributed by atoms with Gasteiger partial charge in [-0.15, -0.1) is 22.7 Å². The first kappa shape index (κ1) is 19.8. The van der Waals surface area contributed by atoms with Crippen LogP contribution in [-0.4, -0.2) is 12.5 Å². The molecule has 0 bridgehead atoms. The summed E-state index contributed by atoms with van der Waals surface area (Å²) in [5, 5.41) is 7.42. The Balaban J connectivity index is 1.72. The fourth-order valence-electron chi connectivity index (χ4n) is 3.32. The Kier molecular flexibility index (Phi) is 7.21. The average Bonchev–Trinajstić information content (AvgIpc) is 3.36. The SMILES string of the molecule is CCc1cccc(CC)c1NC(=O)C[NH+](Cc1cccs1)Cc1cccs1. The number of hydrogen-bond donors (Lipinski definition) is 2. The number of carbonyl (C=O) groups excluding carboxylic acids is 1. The van der Waals surface area contributed by atoms with Crippen LogP contribution in [0.5, 0.6) is 0 Å². The molecule has 1 amide bonds. The maximum atomic E-state index is 12.9. The van der Waals surface area contributed by atoms with Gasteiger partial charge in [0.15, 0.2) is 6.54 Å². The zero-order chi connectivity index (χ0) is 19.1. The van der Waals surface area contributed by atoms with Gasteiger partial charge < -0.3 is 10.2 Å². The van der Waals surface area contributed by atoms with Crippen LogP contribution in [-0.2, 0) is 30.7 Å².